The predicted octanol–water partition coefficient (Wildman–Crippen LogP) is 4.25. The van der Waals surface area contributed by atoms with Gasteiger partial charge in [0.25, 0.3) is 0 Å². The summed E-state index contributed by atoms with van der Waals surface area (Å²) in [4.78, 5) is 0. The summed E-state index contributed by atoms with van der Waals surface area (Å²) >= 11 is 0. The van der Waals surface area contributed by atoms with Crippen molar-refractivity contribution in [3.05, 3.63) is 76.9 Å². The maximum Gasteiger partial charge on any atom is 0.158 e. The molecule has 0 radical (unpaired) electrons. The van der Waals surface area contributed by atoms with E-state index in [1.54, 1.807) is 6.07 Å². The average Bonchev–Trinajstić information content (AvgIpc) is 3.15. The lowest BCUT2D eigenvalue weighted by Gasteiger charge is -2.16. The van der Waals surface area contributed by atoms with Crippen LogP contribution in [-0.2, 0) is 11.3 Å². The van der Waals surface area contributed by atoms with Gasteiger partial charge in [-0.25, -0.2) is 4.39 Å². The van der Waals surface area contributed by atoms with Crippen molar-refractivity contribution in [2.45, 2.75) is 20.4 Å². The second kappa shape index (κ2) is 7.75. The van der Waals surface area contributed by atoms with E-state index in [9.17, 15) is 4.39 Å². The summed E-state index contributed by atoms with van der Waals surface area (Å²) in [5, 5.41) is 15.3. The molecule has 1 heterocycles. The van der Waals surface area contributed by atoms with E-state index in [4.69, 9.17) is 10.00 Å². The summed E-state index contributed by atoms with van der Waals surface area (Å²) in [6, 6.07) is 12.4. The number of nitrogens with one attached hydrogen (secondary N) is 2. The number of ether oxygens (including phenoxy) is 1. The summed E-state index contributed by atoms with van der Waals surface area (Å²) in [5.74, 6) is 0.197. The molecule has 1 aliphatic heterocycles. The van der Waals surface area contributed by atoms with Gasteiger partial charge in [0.1, 0.15) is 17.6 Å². The molecule has 2 N–H and O–H groups in total. The van der Waals surface area contributed by atoms with Crippen LogP contribution in [0.25, 0.3) is 16.9 Å². The normalized spacial score (nSPS) is 12.5. The number of nitriles is 1. The molecule has 132 valence electrons. The second-order valence-electron chi connectivity index (χ2n) is 6.25. The molecule has 0 saturated carbocycles. The number of halogens is 1. The Labute approximate surface area is 152 Å². The number of hydrogen-bond donors (Lipinski definition) is 2. The molecule has 2 aromatic carbocycles. The number of rotatable bonds is 5. The van der Waals surface area contributed by atoms with Crippen molar-refractivity contribution in [2.75, 3.05) is 6.73 Å². The monoisotopic (exact) mass is 349 g/mol. The van der Waals surface area contributed by atoms with Gasteiger partial charge >= 0.3 is 0 Å². The quantitative estimate of drug-likeness (QED) is 0.847. The van der Waals surface area contributed by atoms with Crippen molar-refractivity contribution in [1.29, 1.82) is 5.26 Å². The van der Waals surface area contributed by atoms with Gasteiger partial charge in [0.15, 0.2) is 6.73 Å². The highest BCUT2D eigenvalue weighted by Crippen LogP contribution is 2.34. The van der Waals surface area contributed by atoms with Gasteiger partial charge in [-0.1, -0.05) is 29.8 Å². The molecule has 3 rings (SSSR count). The lowest BCUT2D eigenvalue weighted by Crippen LogP contribution is -2.09. The van der Waals surface area contributed by atoms with Gasteiger partial charge < -0.3 is 15.4 Å². The van der Waals surface area contributed by atoms with Crippen molar-refractivity contribution in [3.63, 3.8) is 0 Å². The van der Waals surface area contributed by atoms with Gasteiger partial charge in [0.2, 0.25) is 0 Å². The van der Waals surface area contributed by atoms with Crippen molar-refractivity contribution >= 4 is 5.76 Å². The standard InChI is InChI=1S/C21H20FN3O/c1-14(2)10-24-11-17-4-3-5-18(21(17)20-12-25-13-26-20)15-6-7-16(9-23)19(22)8-15/h3-8,10,12,24-25H,11,13H2,1-2H3. The van der Waals surface area contributed by atoms with Crippen LogP contribution in [-0.4, -0.2) is 6.73 Å². The highest BCUT2D eigenvalue weighted by molar-refractivity contribution is 5.81. The number of hydrogen-bond acceptors (Lipinski definition) is 4. The van der Waals surface area contributed by atoms with Gasteiger partial charge in [0, 0.05) is 18.3 Å². The molecule has 0 atom stereocenters. The first-order valence-electron chi connectivity index (χ1n) is 8.35. The number of allylic oxidation sites excluding steroid dienone is 1. The molecule has 0 spiro atoms. The Balaban J connectivity index is 2.08. The van der Waals surface area contributed by atoms with Crippen molar-refractivity contribution in [1.82, 2.24) is 10.6 Å². The molecule has 4 nitrogen and oxygen atoms in total. The van der Waals surface area contributed by atoms with Crippen molar-refractivity contribution in [3.8, 4) is 17.2 Å². The molecular weight excluding hydrogens is 329 g/mol. The summed E-state index contributed by atoms with van der Waals surface area (Å²) in [5.41, 5.74) is 4.73. The highest BCUT2D eigenvalue weighted by Gasteiger charge is 2.18. The summed E-state index contributed by atoms with van der Waals surface area (Å²) in [7, 11) is 0. The van der Waals surface area contributed by atoms with E-state index in [2.05, 4.69) is 10.6 Å². The fraction of sp³-hybridized carbons (Fsp3) is 0.190. The zero-order chi connectivity index (χ0) is 18.5. The predicted molar refractivity (Wildman–Crippen MR) is 99.9 cm³/mol. The molecule has 5 heteroatoms. The third-order valence-corrected chi connectivity index (χ3v) is 4.03. The van der Waals surface area contributed by atoms with E-state index in [-0.39, 0.29) is 5.56 Å². The van der Waals surface area contributed by atoms with Gasteiger partial charge in [-0.3, -0.25) is 0 Å². The first-order valence-corrected chi connectivity index (χ1v) is 8.35. The Morgan fingerprint density at radius 3 is 2.85 bits per heavy atom. The van der Waals surface area contributed by atoms with Crippen LogP contribution in [0.4, 0.5) is 4.39 Å². The molecule has 2 aromatic rings. The van der Waals surface area contributed by atoms with E-state index in [0.717, 1.165) is 22.4 Å². The lowest BCUT2D eigenvalue weighted by atomic mass is 9.93. The topological polar surface area (TPSA) is 57.1 Å². The maximum atomic E-state index is 14.1. The first kappa shape index (κ1) is 17.6. The Morgan fingerprint density at radius 1 is 1.35 bits per heavy atom. The molecule has 1 aliphatic rings. The van der Waals surface area contributed by atoms with Crippen LogP contribution in [0.2, 0.25) is 0 Å². The SMILES string of the molecule is CC(C)=CNCc1cccc(-c2ccc(C#N)c(F)c2)c1C1=CNCO1. The van der Waals surface area contributed by atoms with Gasteiger partial charge in [-0.2, -0.15) is 5.26 Å². The zero-order valence-corrected chi connectivity index (χ0v) is 14.8. The second-order valence-corrected chi connectivity index (χ2v) is 6.25. The van der Waals surface area contributed by atoms with Gasteiger partial charge in [0.05, 0.1) is 5.56 Å². The molecule has 26 heavy (non-hydrogen) atoms. The van der Waals surface area contributed by atoms with Crippen LogP contribution in [0, 0.1) is 17.1 Å². The highest BCUT2D eigenvalue weighted by atomic mass is 19.1. The summed E-state index contributed by atoms with van der Waals surface area (Å²) in [6.07, 6.45) is 3.78. The minimum atomic E-state index is -0.525. The molecule has 0 aliphatic carbocycles. The molecule has 0 fully saturated rings. The molecule has 0 aromatic heterocycles. The number of benzene rings is 2. The van der Waals surface area contributed by atoms with Crippen LogP contribution in [0.5, 0.6) is 0 Å². The van der Waals surface area contributed by atoms with Crippen LogP contribution in [0.3, 0.4) is 0 Å². The summed E-state index contributed by atoms with van der Waals surface area (Å²) < 4.78 is 19.8. The molecule has 0 unspecified atom stereocenters. The minimum Gasteiger partial charge on any atom is -0.471 e. The van der Waals surface area contributed by atoms with E-state index in [0.29, 0.717) is 18.8 Å². The largest absolute Gasteiger partial charge is 0.471 e. The van der Waals surface area contributed by atoms with Crippen LogP contribution < -0.4 is 10.6 Å². The molecule has 0 bridgehead atoms. The van der Waals surface area contributed by atoms with Gasteiger partial charge in [-0.05, 0) is 48.9 Å². The Kier molecular flexibility index (Phi) is 5.23. The zero-order valence-electron chi connectivity index (χ0n) is 14.8. The fourth-order valence-corrected chi connectivity index (χ4v) is 2.86. The molecular formula is C21H20FN3O. The van der Waals surface area contributed by atoms with Crippen molar-refractivity contribution < 1.29 is 9.13 Å². The Hall–Kier alpha value is -3.26. The third-order valence-electron chi connectivity index (χ3n) is 4.03. The Morgan fingerprint density at radius 2 is 2.19 bits per heavy atom. The smallest absolute Gasteiger partial charge is 0.158 e. The fourth-order valence-electron chi connectivity index (χ4n) is 2.86. The third kappa shape index (κ3) is 3.70. The summed E-state index contributed by atoms with van der Waals surface area (Å²) in [6.45, 7) is 5.08. The van der Waals surface area contributed by atoms with E-state index in [1.165, 1.54) is 17.7 Å². The van der Waals surface area contributed by atoms with Crippen LogP contribution in [0.15, 0.2) is 54.4 Å². The van der Waals surface area contributed by atoms with Crippen LogP contribution in [0.1, 0.15) is 30.5 Å². The lowest BCUT2D eigenvalue weighted by molar-refractivity contribution is 0.291. The van der Waals surface area contributed by atoms with E-state index < -0.39 is 5.82 Å². The van der Waals surface area contributed by atoms with Crippen molar-refractivity contribution in [2.24, 2.45) is 0 Å². The first-order chi connectivity index (χ1) is 12.6. The number of nitrogens with zero attached hydrogens (tertiary/aromatic N) is 1. The van der Waals surface area contributed by atoms with Crippen LogP contribution >= 0.6 is 0 Å². The molecule has 0 saturated heterocycles. The Bertz CT molecular complexity index is 921. The molecule has 0 amide bonds. The van der Waals surface area contributed by atoms with Gasteiger partial charge in [-0.15, -0.1) is 0 Å². The van der Waals surface area contributed by atoms with E-state index >= 15 is 0 Å². The van der Waals surface area contributed by atoms with E-state index in [1.807, 2.05) is 50.5 Å². The minimum absolute atomic E-state index is 0.0367. The average molecular weight is 349 g/mol. The maximum absolute atomic E-state index is 14.1.